The molecule has 0 heterocycles. The normalized spacial score (nSPS) is 10.2. The summed E-state index contributed by atoms with van der Waals surface area (Å²) in [5.41, 5.74) is 1.34. The molecule has 0 aromatic heterocycles. The van der Waals surface area contributed by atoms with Crippen LogP contribution in [-0.2, 0) is 0 Å². The van der Waals surface area contributed by atoms with E-state index in [9.17, 15) is 4.79 Å². The zero-order valence-corrected chi connectivity index (χ0v) is 5.90. The summed E-state index contributed by atoms with van der Waals surface area (Å²) in [7, 11) is 0. The average molecular weight is 148 g/mol. The molecule has 0 aliphatic heterocycles. The zero-order chi connectivity index (χ0) is 8.10. The molecule has 11 heavy (non-hydrogen) atoms. The van der Waals surface area contributed by atoms with Crippen LogP contribution in [0.2, 0.25) is 0 Å². The van der Waals surface area contributed by atoms with E-state index in [1.807, 2.05) is 6.07 Å². The minimum Gasteiger partial charge on any atom is -0.323 e. The molecule has 0 radical (unpaired) electrons. The third-order valence-electron chi connectivity index (χ3n) is 1.34. The molecule has 0 aliphatic carbocycles. The van der Waals surface area contributed by atoms with Crippen molar-refractivity contribution in [2.24, 2.45) is 10.9 Å². The Balaban J connectivity index is 3.11. The van der Waals surface area contributed by atoms with Crippen molar-refractivity contribution in [3.8, 4) is 0 Å². The van der Waals surface area contributed by atoms with E-state index in [4.69, 9.17) is 5.84 Å². The predicted molar refractivity (Wildman–Crippen MR) is 43.6 cm³/mol. The van der Waals surface area contributed by atoms with Crippen LogP contribution in [0.25, 0.3) is 0 Å². The first-order chi connectivity index (χ1) is 5.38. The van der Waals surface area contributed by atoms with Crippen molar-refractivity contribution < 1.29 is 4.79 Å². The van der Waals surface area contributed by atoms with Crippen LogP contribution in [0.1, 0.15) is 15.9 Å². The van der Waals surface area contributed by atoms with E-state index in [0.29, 0.717) is 5.56 Å². The molecule has 3 nitrogen and oxygen atoms in total. The Hall–Kier alpha value is -1.64. The fourth-order valence-corrected chi connectivity index (χ4v) is 0.816. The molecule has 0 aliphatic rings. The molecule has 0 fully saturated rings. The molecule has 0 saturated carbocycles. The van der Waals surface area contributed by atoms with Gasteiger partial charge in [0, 0.05) is 11.1 Å². The highest BCUT2D eigenvalue weighted by molar-refractivity contribution is 5.92. The molecule has 0 spiro atoms. The van der Waals surface area contributed by atoms with Gasteiger partial charge in [0.05, 0.1) is 6.21 Å². The Labute approximate surface area is 64.5 Å². The molecule has 2 N–H and O–H groups in total. The van der Waals surface area contributed by atoms with E-state index in [1.54, 1.807) is 18.2 Å². The largest absolute Gasteiger partial charge is 0.323 e. The maximum atomic E-state index is 10.4. The van der Waals surface area contributed by atoms with Gasteiger partial charge in [0.2, 0.25) is 0 Å². The van der Waals surface area contributed by atoms with Crippen molar-refractivity contribution in [1.82, 2.24) is 0 Å². The number of hydrazone groups is 1. The predicted octanol–water partition coefficient (Wildman–Crippen LogP) is 0.792. The molecule has 0 atom stereocenters. The summed E-state index contributed by atoms with van der Waals surface area (Å²) in [6.45, 7) is 0. The second-order valence-corrected chi connectivity index (χ2v) is 2.02. The Kier molecular flexibility index (Phi) is 2.38. The first-order valence-corrected chi connectivity index (χ1v) is 3.16. The molecule has 1 rings (SSSR count). The zero-order valence-electron chi connectivity index (χ0n) is 5.90. The number of aldehydes is 1. The van der Waals surface area contributed by atoms with E-state index in [0.717, 1.165) is 11.8 Å². The number of hydrogen-bond donors (Lipinski definition) is 1. The summed E-state index contributed by atoms with van der Waals surface area (Å²) < 4.78 is 0. The lowest BCUT2D eigenvalue weighted by Gasteiger charge is -1.94. The monoisotopic (exact) mass is 148 g/mol. The molecule has 56 valence electrons. The lowest BCUT2D eigenvalue weighted by atomic mass is 10.1. The number of nitrogens with zero attached hydrogens (tertiary/aromatic N) is 1. The van der Waals surface area contributed by atoms with Crippen LogP contribution in [0.5, 0.6) is 0 Å². The Morgan fingerprint density at radius 1 is 1.27 bits per heavy atom. The van der Waals surface area contributed by atoms with Crippen molar-refractivity contribution in [2.75, 3.05) is 0 Å². The van der Waals surface area contributed by atoms with Gasteiger partial charge in [-0.15, -0.1) is 0 Å². The van der Waals surface area contributed by atoms with Crippen molar-refractivity contribution in [3.05, 3.63) is 35.4 Å². The van der Waals surface area contributed by atoms with Gasteiger partial charge >= 0.3 is 0 Å². The van der Waals surface area contributed by atoms with Gasteiger partial charge in [-0.25, -0.2) is 0 Å². The van der Waals surface area contributed by atoms with Gasteiger partial charge in [-0.05, 0) is 0 Å². The smallest absolute Gasteiger partial charge is 0.150 e. The van der Waals surface area contributed by atoms with Crippen LogP contribution in [-0.4, -0.2) is 12.5 Å². The molecule has 1 aromatic carbocycles. The number of carbonyl (C=O) groups is 1. The number of benzene rings is 1. The summed E-state index contributed by atoms with van der Waals surface area (Å²) in [6, 6.07) is 7.10. The van der Waals surface area contributed by atoms with E-state index in [2.05, 4.69) is 5.10 Å². The molecular weight excluding hydrogens is 140 g/mol. The molecule has 0 amide bonds. The van der Waals surface area contributed by atoms with Crippen LogP contribution in [0, 0.1) is 0 Å². The summed E-state index contributed by atoms with van der Waals surface area (Å²) in [5, 5.41) is 3.33. The number of nitrogens with two attached hydrogens (primary N) is 1. The highest BCUT2D eigenvalue weighted by Gasteiger charge is 1.94. The first kappa shape index (κ1) is 7.47. The molecule has 1 aromatic rings. The second-order valence-electron chi connectivity index (χ2n) is 2.02. The first-order valence-electron chi connectivity index (χ1n) is 3.16. The number of carbonyl (C=O) groups excluding carboxylic acids is 1. The lowest BCUT2D eigenvalue weighted by molar-refractivity contribution is 0.112. The van der Waals surface area contributed by atoms with Gasteiger partial charge in [0.1, 0.15) is 0 Å². The third kappa shape index (κ3) is 1.64. The van der Waals surface area contributed by atoms with Crippen molar-refractivity contribution in [3.63, 3.8) is 0 Å². The van der Waals surface area contributed by atoms with Crippen LogP contribution in [0.4, 0.5) is 0 Å². The SMILES string of the molecule is NN=Cc1ccccc1C=O. The van der Waals surface area contributed by atoms with Crippen molar-refractivity contribution >= 4 is 12.5 Å². The van der Waals surface area contributed by atoms with Crippen molar-refractivity contribution in [2.45, 2.75) is 0 Å². The Morgan fingerprint density at radius 3 is 2.45 bits per heavy atom. The molecule has 0 saturated heterocycles. The van der Waals surface area contributed by atoms with Gasteiger partial charge < -0.3 is 5.84 Å². The molecular formula is C8H8N2O. The minimum absolute atomic E-state index is 0.599. The van der Waals surface area contributed by atoms with E-state index >= 15 is 0 Å². The summed E-state index contributed by atoms with van der Waals surface area (Å²) in [4.78, 5) is 10.4. The van der Waals surface area contributed by atoms with Crippen molar-refractivity contribution in [1.29, 1.82) is 0 Å². The van der Waals surface area contributed by atoms with Gasteiger partial charge in [0.25, 0.3) is 0 Å². The van der Waals surface area contributed by atoms with Crippen LogP contribution in [0.3, 0.4) is 0 Å². The van der Waals surface area contributed by atoms with Gasteiger partial charge in [-0.2, -0.15) is 5.10 Å². The van der Waals surface area contributed by atoms with E-state index < -0.39 is 0 Å². The molecule has 3 heteroatoms. The topological polar surface area (TPSA) is 55.4 Å². The minimum atomic E-state index is 0.599. The standard InChI is InChI=1S/C8H8N2O/c9-10-5-7-3-1-2-4-8(7)6-11/h1-6H,9H2. The van der Waals surface area contributed by atoms with Gasteiger partial charge in [-0.3, -0.25) is 4.79 Å². The maximum absolute atomic E-state index is 10.4. The second kappa shape index (κ2) is 3.51. The van der Waals surface area contributed by atoms with Gasteiger partial charge in [0.15, 0.2) is 6.29 Å². The van der Waals surface area contributed by atoms with Crippen LogP contribution in [0.15, 0.2) is 29.4 Å². The fourth-order valence-electron chi connectivity index (χ4n) is 0.816. The fraction of sp³-hybridized carbons (Fsp3) is 0. The summed E-state index contributed by atoms with van der Waals surface area (Å²) in [6.07, 6.45) is 2.22. The highest BCUT2D eigenvalue weighted by Crippen LogP contribution is 2.01. The van der Waals surface area contributed by atoms with Crippen LogP contribution < -0.4 is 5.84 Å². The summed E-state index contributed by atoms with van der Waals surface area (Å²) in [5.74, 6) is 4.94. The number of hydrogen-bond acceptors (Lipinski definition) is 3. The third-order valence-corrected chi connectivity index (χ3v) is 1.34. The quantitative estimate of drug-likeness (QED) is 0.292. The Bertz CT molecular complexity index is 281. The summed E-state index contributed by atoms with van der Waals surface area (Å²) >= 11 is 0. The highest BCUT2D eigenvalue weighted by atomic mass is 16.1. The number of rotatable bonds is 2. The van der Waals surface area contributed by atoms with Crippen LogP contribution >= 0.6 is 0 Å². The van der Waals surface area contributed by atoms with E-state index in [-0.39, 0.29) is 0 Å². The maximum Gasteiger partial charge on any atom is 0.150 e. The van der Waals surface area contributed by atoms with Gasteiger partial charge in [-0.1, -0.05) is 24.3 Å². The lowest BCUT2D eigenvalue weighted by Crippen LogP contribution is -1.92. The molecule has 0 unspecified atom stereocenters. The average Bonchev–Trinajstić information content (AvgIpc) is 2.06. The van der Waals surface area contributed by atoms with E-state index in [1.165, 1.54) is 6.21 Å². The molecule has 0 bridgehead atoms. The Morgan fingerprint density at radius 2 is 1.91 bits per heavy atom.